The van der Waals surface area contributed by atoms with E-state index in [1.54, 1.807) is 0 Å². The van der Waals surface area contributed by atoms with Gasteiger partial charge in [0.1, 0.15) is 0 Å². The van der Waals surface area contributed by atoms with Crippen LogP contribution in [-0.4, -0.2) is 17.5 Å². The molecule has 0 aromatic heterocycles. The van der Waals surface area contributed by atoms with E-state index in [0.29, 0.717) is 12.8 Å². The van der Waals surface area contributed by atoms with Crippen LogP contribution in [0, 0.1) is 5.92 Å². The highest BCUT2D eigenvalue weighted by molar-refractivity contribution is 5.88. The van der Waals surface area contributed by atoms with Gasteiger partial charge in [0.05, 0.1) is 0 Å². The van der Waals surface area contributed by atoms with E-state index in [9.17, 15) is 18.0 Å². The lowest BCUT2D eigenvalue weighted by molar-refractivity contribution is -0.186. The van der Waals surface area contributed by atoms with E-state index in [1.807, 2.05) is 13.8 Å². The van der Waals surface area contributed by atoms with E-state index in [0.717, 1.165) is 6.92 Å². The van der Waals surface area contributed by atoms with Gasteiger partial charge in [0.2, 0.25) is 0 Å². The molecule has 1 atom stereocenters. The Morgan fingerprint density at radius 3 is 1.93 bits per heavy atom. The number of carbonyl (C=O) groups is 1. The summed E-state index contributed by atoms with van der Waals surface area (Å²) in [5.41, 5.74) is 2.31. The standard InChI is InChI=1S/C10H18F3NO/c1-4-7(5-2)6-8(15)9(3,14)10(11,12)13/h7H,4-6,14H2,1-3H3. The summed E-state index contributed by atoms with van der Waals surface area (Å²) in [4.78, 5) is 11.4. The number of carbonyl (C=O) groups excluding carboxylic acids is 1. The van der Waals surface area contributed by atoms with Crippen molar-refractivity contribution < 1.29 is 18.0 Å². The van der Waals surface area contributed by atoms with E-state index >= 15 is 0 Å². The first-order chi connectivity index (χ1) is 6.66. The molecule has 5 heteroatoms. The summed E-state index contributed by atoms with van der Waals surface area (Å²) in [6.07, 6.45) is -3.39. The lowest BCUT2D eigenvalue weighted by atomic mass is 9.87. The molecule has 2 N–H and O–H groups in total. The zero-order valence-electron chi connectivity index (χ0n) is 9.32. The normalized spacial score (nSPS) is 16.5. The summed E-state index contributed by atoms with van der Waals surface area (Å²) in [7, 11) is 0. The molecular weight excluding hydrogens is 207 g/mol. The van der Waals surface area contributed by atoms with Gasteiger partial charge in [-0.25, -0.2) is 0 Å². The largest absolute Gasteiger partial charge is 0.413 e. The Balaban J connectivity index is 4.58. The molecule has 0 aliphatic heterocycles. The highest BCUT2D eigenvalue weighted by Gasteiger charge is 2.53. The van der Waals surface area contributed by atoms with Crippen LogP contribution in [0.2, 0.25) is 0 Å². The molecule has 0 amide bonds. The smallest absolute Gasteiger partial charge is 0.312 e. The van der Waals surface area contributed by atoms with Gasteiger partial charge in [-0.15, -0.1) is 0 Å². The van der Waals surface area contributed by atoms with Crippen molar-refractivity contribution in [1.29, 1.82) is 0 Å². The molecule has 2 nitrogen and oxygen atoms in total. The van der Waals surface area contributed by atoms with E-state index in [1.165, 1.54) is 0 Å². The second-order valence-corrected chi connectivity index (χ2v) is 4.01. The minimum atomic E-state index is -4.67. The third-order valence-electron chi connectivity index (χ3n) is 2.80. The molecule has 0 heterocycles. The van der Waals surface area contributed by atoms with Crippen LogP contribution in [0.25, 0.3) is 0 Å². The number of halogens is 3. The Morgan fingerprint density at radius 1 is 1.27 bits per heavy atom. The third-order valence-corrected chi connectivity index (χ3v) is 2.80. The van der Waals surface area contributed by atoms with Gasteiger partial charge < -0.3 is 5.73 Å². The van der Waals surface area contributed by atoms with E-state index in [4.69, 9.17) is 5.73 Å². The quantitative estimate of drug-likeness (QED) is 0.781. The molecule has 0 aromatic rings. The molecule has 0 aliphatic rings. The third kappa shape index (κ3) is 3.48. The van der Waals surface area contributed by atoms with Crippen molar-refractivity contribution in [2.75, 3.05) is 0 Å². The Bertz CT molecular complexity index is 219. The molecule has 0 saturated carbocycles. The molecule has 0 bridgehead atoms. The predicted octanol–water partition coefficient (Wildman–Crippen LogP) is 2.66. The van der Waals surface area contributed by atoms with Crippen LogP contribution >= 0.6 is 0 Å². The van der Waals surface area contributed by atoms with Crippen molar-refractivity contribution in [3.63, 3.8) is 0 Å². The lowest BCUT2D eigenvalue weighted by Crippen LogP contribution is -2.57. The Hall–Kier alpha value is -0.580. The average molecular weight is 225 g/mol. The zero-order chi connectivity index (χ0) is 12.3. The lowest BCUT2D eigenvalue weighted by Gasteiger charge is -2.27. The fourth-order valence-electron chi connectivity index (χ4n) is 1.21. The van der Waals surface area contributed by atoms with Gasteiger partial charge in [-0.2, -0.15) is 13.2 Å². The number of hydrogen-bond donors (Lipinski definition) is 1. The maximum atomic E-state index is 12.4. The Morgan fingerprint density at radius 2 is 1.67 bits per heavy atom. The Labute approximate surface area is 88.0 Å². The monoisotopic (exact) mass is 225 g/mol. The topological polar surface area (TPSA) is 43.1 Å². The molecular formula is C10H18F3NO. The number of nitrogens with two attached hydrogens (primary N) is 1. The van der Waals surface area contributed by atoms with Gasteiger partial charge in [0.15, 0.2) is 11.3 Å². The minimum Gasteiger partial charge on any atom is -0.312 e. The number of ketones is 1. The van der Waals surface area contributed by atoms with Crippen molar-refractivity contribution in [3.8, 4) is 0 Å². The SMILES string of the molecule is CCC(CC)CC(=O)C(C)(N)C(F)(F)F. The van der Waals surface area contributed by atoms with Gasteiger partial charge in [0, 0.05) is 6.42 Å². The van der Waals surface area contributed by atoms with Crippen molar-refractivity contribution >= 4 is 5.78 Å². The van der Waals surface area contributed by atoms with Crippen LogP contribution in [0.1, 0.15) is 40.0 Å². The van der Waals surface area contributed by atoms with Crippen LogP contribution in [0.15, 0.2) is 0 Å². The van der Waals surface area contributed by atoms with Crippen LogP contribution in [0.5, 0.6) is 0 Å². The van der Waals surface area contributed by atoms with Crippen LogP contribution in [0.3, 0.4) is 0 Å². The molecule has 0 fully saturated rings. The highest BCUT2D eigenvalue weighted by Crippen LogP contribution is 2.31. The van der Waals surface area contributed by atoms with Gasteiger partial charge in [0.25, 0.3) is 0 Å². The van der Waals surface area contributed by atoms with E-state index < -0.39 is 17.5 Å². The summed E-state index contributed by atoms with van der Waals surface area (Å²) >= 11 is 0. The van der Waals surface area contributed by atoms with Crippen LogP contribution in [0.4, 0.5) is 13.2 Å². The number of alkyl halides is 3. The number of rotatable bonds is 5. The molecule has 90 valence electrons. The molecule has 0 rings (SSSR count). The Kier molecular flexibility index (Phi) is 4.77. The summed E-state index contributed by atoms with van der Waals surface area (Å²) < 4.78 is 37.2. The van der Waals surface area contributed by atoms with Gasteiger partial charge in [-0.3, -0.25) is 4.79 Å². The summed E-state index contributed by atoms with van der Waals surface area (Å²) in [5.74, 6) is -0.938. The summed E-state index contributed by atoms with van der Waals surface area (Å²) in [5, 5.41) is 0. The molecule has 0 aromatic carbocycles. The van der Waals surface area contributed by atoms with Gasteiger partial charge >= 0.3 is 6.18 Å². The highest BCUT2D eigenvalue weighted by atomic mass is 19.4. The number of Topliss-reactive ketones (excluding diaryl/α,β-unsaturated/α-hetero) is 1. The van der Waals surface area contributed by atoms with Crippen LogP contribution < -0.4 is 5.73 Å². The van der Waals surface area contributed by atoms with Crippen molar-refractivity contribution in [2.45, 2.75) is 51.7 Å². The maximum absolute atomic E-state index is 12.4. The second kappa shape index (κ2) is 4.96. The van der Waals surface area contributed by atoms with Crippen molar-refractivity contribution in [1.82, 2.24) is 0 Å². The molecule has 0 aliphatic carbocycles. The molecule has 0 radical (unpaired) electrons. The van der Waals surface area contributed by atoms with E-state index in [-0.39, 0.29) is 12.3 Å². The molecule has 0 spiro atoms. The fraction of sp³-hybridized carbons (Fsp3) is 0.900. The zero-order valence-corrected chi connectivity index (χ0v) is 9.32. The first-order valence-corrected chi connectivity index (χ1v) is 5.05. The fourth-order valence-corrected chi connectivity index (χ4v) is 1.21. The minimum absolute atomic E-state index is 0.0114. The van der Waals surface area contributed by atoms with Gasteiger partial charge in [-0.1, -0.05) is 26.7 Å². The number of hydrogen-bond acceptors (Lipinski definition) is 2. The average Bonchev–Trinajstić information content (AvgIpc) is 2.11. The molecule has 0 saturated heterocycles. The van der Waals surface area contributed by atoms with Gasteiger partial charge in [-0.05, 0) is 12.8 Å². The van der Waals surface area contributed by atoms with Crippen molar-refractivity contribution in [2.24, 2.45) is 11.7 Å². The summed E-state index contributed by atoms with van der Waals surface area (Å²) in [6.45, 7) is 4.43. The second-order valence-electron chi connectivity index (χ2n) is 4.01. The summed E-state index contributed by atoms with van der Waals surface area (Å²) in [6, 6.07) is 0. The van der Waals surface area contributed by atoms with E-state index in [2.05, 4.69) is 0 Å². The predicted molar refractivity (Wildman–Crippen MR) is 52.3 cm³/mol. The first kappa shape index (κ1) is 14.4. The molecule has 15 heavy (non-hydrogen) atoms. The maximum Gasteiger partial charge on any atom is 0.413 e. The molecule has 1 unspecified atom stereocenters. The van der Waals surface area contributed by atoms with Crippen molar-refractivity contribution in [3.05, 3.63) is 0 Å². The first-order valence-electron chi connectivity index (χ1n) is 5.05. The van der Waals surface area contributed by atoms with Crippen LogP contribution in [-0.2, 0) is 4.79 Å².